The third kappa shape index (κ3) is 12.7. The van der Waals surface area contributed by atoms with E-state index in [2.05, 4.69) is 12.3 Å². The first-order valence-corrected chi connectivity index (χ1v) is 12.9. The number of unbranched alkanes of at least 4 members (excludes halogenated alkanes) is 3. The molecule has 0 aromatic carbocycles. The molecular weight excluding hydrogens is 395 g/mol. The minimum Gasteiger partial charge on any atom is -0.270 e. The lowest BCUT2D eigenvalue weighted by atomic mass is 10.3. The largest absolute Gasteiger partial charge is 0.684 e. The zero-order valence-electron chi connectivity index (χ0n) is 14.8. The van der Waals surface area contributed by atoms with Crippen molar-refractivity contribution in [3.8, 4) is 0 Å². The van der Waals surface area contributed by atoms with Crippen LogP contribution in [0.5, 0.6) is 0 Å². The summed E-state index contributed by atoms with van der Waals surface area (Å²) in [5.41, 5.74) is 0. The highest BCUT2D eigenvalue weighted by atomic mass is 32.2. The highest BCUT2D eigenvalue weighted by Gasteiger charge is 2.38. The van der Waals surface area contributed by atoms with Crippen molar-refractivity contribution < 1.29 is 37.6 Å². The minimum absolute atomic E-state index is 0.264. The van der Waals surface area contributed by atoms with E-state index in [4.69, 9.17) is 0 Å². The number of rotatable bonds is 15. The van der Waals surface area contributed by atoms with Crippen LogP contribution in [-0.4, -0.2) is 49.8 Å². The summed E-state index contributed by atoms with van der Waals surface area (Å²) >= 11 is 0. The van der Waals surface area contributed by atoms with Crippen molar-refractivity contribution in [2.24, 2.45) is 0 Å². The van der Waals surface area contributed by atoms with Crippen LogP contribution in [-0.2, 0) is 42.7 Å². The molecular formula is C12H27BO9S3. The first-order chi connectivity index (χ1) is 11.5. The van der Waals surface area contributed by atoms with E-state index in [1.807, 2.05) is 0 Å². The summed E-state index contributed by atoms with van der Waals surface area (Å²) in [6, 6.07) is 0. The van der Waals surface area contributed by atoms with Crippen LogP contribution >= 0.6 is 0 Å². The fourth-order valence-electron chi connectivity index (χ4n) is 1.51. The van der Waals surface area contributed by atoms with Gasteiger partial charge in [0.05, 0.1) is 17.3 Å². The van der Waals surface area contributed by atoms with Crippen LogP contribution in [0.3, 0.4) is 0 Å². The molecule has 0 bridgehead atoms. The molecule has 0 fully saturated rings. The molecule has 0 amide bonds. The lowest BCUT2D eigenvalue weighted by Crippen LogP contribution is -2.36. The second-order valence-corrected chi connectivity index (χ2v) is 10.6. The summed E-state index contributed by atoms with van der Waals surface area (Å²) in [7, 11) is -15.0. The Bertz CT molecular complexity index is 576. The zero-order valence-corrected chi connectivity index (χ0v) is 17.3. The molecule has 0 atom stereocenters. The normalized spacial score (nSPS) is 13.1. The third-order valence-electron chi connectivity index (χ3n) is 2.92. The summed E-state index contributed by atoms with van der Waals surface area (Å²) < 4.78 is 84.6. The van der Waals surface area contributed by atoms with E-state index >= 15 is 0 Å². The van der Waals surface area contributed by atoms with Crippen molar-refractivity contribution in [1.29, 1.82) is 0 Å². The predicted octanol–water partition coefficient (Wildman–Crippen LogP) is 1.41. The maximum Gasteiger partial charge on any atom is 0.684 e. The molecule has 0 rings (SSSR count). The van der Waals surface area contributed by atoms with Gasteiger partial charge in [0.1, 0.15) is 0 Å². The lowest BCUT2D eigenvalue weighted by Gasteiger charge is -2.14. The van der Waals surface area contributed by atoms with Crippen LogP contribution < -0.4 is 0 Å². The Morgan fingerprint density at radius 1 is 0.560 bits per heavy atom. The van der Waals surface area contributed by atoms with Gasteiger partial charge in [-0.2, -0.15) is 0 Å². The van der Waals surface area contributed by atoms with Gasteiger partial charge in [0.15, 0.2) is 0 Å². The fraction of sp³-hybridized carbons (Fsp3) is 1.00. The highest BCUT2D eigenvalue weighted by molar-refractivity contribution is 7.90. The standard InChI is InChI=1S/C12H27BO9S3/c1-4-7-10-23(14,15)20-13(21-24(16,17)11-8-5-2)22-25(18,19)12-9-6-3/h4-12H2,1-3H3. The third-order valence-corrected chi connectivity index (χ3v) is 6.64. The molecule has 0 aliphatic heterocycles. The molecule has 0 aromatic rings. The van der Waals surface area contributed by atoms with E-state index in [9.17, 15) is 25.3 Å². The Hall–Kier alpha value is -0.205. The average molecular weight is 422 g/mol. The molecule has 0 aromatic heterocycles. The van der Waals surface area contributed by atoms with Crippen molar-refractivity contribution in [3.63, 3.8) is 0 Å². The van der Waals surface area contributed by atoms with Gasteiger partial charge in [-0.1, -0.05) is 40.0 Å². The van der Waals surface area contributed by atoms with E-state index in [-0.39, 0.29) is 19.3 Å². The SMILES string of the molecule is CCCCS(=O)(=O)OB(OS(=O)(=O)CCCC)OS(=O)(=O)CCCC. The maximum atomic E-state index is 11.8. The molecule has 0 N–H and O–H groups in total. The van der Waals surface area contributed by atoms with Gasteiger partial charge in [0.25, 0.3) is 30.4 Å². The Labute approximate surface area is 152 Å². The van der Waals surface area contributed by atoms with E-state index in [0.717, 1.165) is 0 Å². The molecule has 0 aliphatic carbocycles. The topological polar surface area (TPSA) is 130 Å². The van der Waals surface area contributed by atoms with Crippen LogP contribution in [0.15, 0.2) is 0 Å². The Kier molecular flexibility index (Phi) is 11.4. The van der Waals surface area contributed by atoms with Gasteiger partial charge in [0, 0.05) is 0 Å². The summed E-state index contributed by atoms with van der Waals surface area (Å²) in [6.07, 6.45) is 2.45. The quantitative estimate of drug-likeness (QED) is 0.360. The first-order valence-electron chi connectivity index (χ1n) is 8.19. The van der Waals surface area contributed by atoms with Gasteiger partial charge in [-0.15, -0.1) is 0 Å². The zero-order chi connectivity index (χ0) is 19.6. The minimum atomic E-state index is -4.21. The van der Waals surface area contributed by atoms with Crippen molar-refractivity contribution >= 4 is 37.7 Å². The Morgan fingerprint density at radius 3 is 1.00 bits per heavy atom. The van der Waals surface area contributed by atoms with Gasteiger partial charge >= 0.3 is 7.32 Å². The average Bonchev–Trinajstić information content (AvgIpc) is 2.47. The van der Waals surface area contributed by atoms with E-state index in [1.165, 1.54) is 0 Å². The smallest absolute Gasteiger partial charge is 0.270 e. The monoisotopic (exact) mass is 422 g/mol. The molecule has 0 unspecified atom stereocenters. The van der Waals surface area contributed by atoms with Crippen molar-refractivity contribution in [2.45, 2.75) is 59.3 Å². The summed E-state index contributed by atoms with van der Waals surface area (Å²) in [5.74, 6) is -1.22. The molecule has 0 saturated carbocycles. The highest BCUT2D eigenvalue weighted by Crippen LogP contribution is 2.12. The molecule has 0 spiro atoms. The fourth-order valence-corrected chi connectivity index (χ4v) is 4.83. The molecule has 150 valence electrons. The molecule has 0 heterocycles. The van der Waals surface area contributed by atoms with E-state index in [0.29, 0.717) is 19.3 Å². The number of hydrogen-bond acceptors (Lipinski definition) is 9. The van der Waals surface area contributed by atoms with Gasteiger partial charge in [0.2, 0.25) is 0 Å². The van der Waals surface area contributed by atoms with Gasteiger partial charge < -0.3 is 0 Å². The van der Waals surface area contributed by atoms with Gasteiger partial charge in [-0.25, -0.2) is 25.3 Å². The lowest BCUT2D eigenvalue weighted by molar-refractivity contribution is 0.311. The van der Waals surface area contributed by atoms with Crippen LogP contribution in [0.1, 0.15) is 59.3 Å². The van der Waals surface area contributed by atoms with E-state index < -0.39 is 54.9 Å². The second-order valence-electron chi connectivity index (χ2n) is 5.42. The molecule has 0 saturated heterocycles. The summed E-state index contributed by atoms with van der Waals surface area (Å²) in [4.78, 5) is 0. The van der Waals surface area contributed by atoms with Gasteiger partial charge in [-0.05, 0) is 19.3 Å². The van der Waals surface area contributed by atoms with Crippen LogP contribution in [0.25, 0.3) is 0 Å². The second kappa shape index (κ2) is 11.5. The van der Waals surface area contributed by atoms with Crippen molar-refractivity contribution in [3.05, 3.63) is 0 Å². The molecule has 0 aliphatic rings. The van der Waals surface area contributed by atoms with Crippen LogP contribution in [0.4, 0.5) is 0 Å². The Morgan fingerprint density at radius 2 is 0.800 bits per heavy atom. The molecule has 9 nitrogen and oxygen atoms in total. The van der Waals surface area contributed by atoms with Crippen LogP contribution in [0.2, 0.25) is 0 Å². The van der Waals surface area contributed by atoms with Crippen molar-refractivity contribution in [2.75, 3.05) is 17.3 Å². The molecule has 0 radical (unpaired) electrons. The summed E-state index contributed by atoms with van der Waals surface area (Å²) in [6.45, 7) is 5.26. The van der Waals surface area contributed by atoms with Crippen molar-refractivity contribution in [1.82, 2.24) is 0 Å². The molecule has 25 heavy (non-hydrogen) atoms. The van der Waals surface area contributed by atoms with E-state index in [1.54, 1.807) is 20.8 Å². The predicted molar refractivity (Wildman–Crippen MR) is 95.1 cm³/mol. The molecule has 13 heteroatoms. The van der Waals surface area contributed by atoms with Gasteiger partial charge in [-0.3, -0.25) is 12.3 Å². The van der Waals surface area contributed by atoms with Crippen LogP contribution in [0, 0.1) is 0 Å². The maximum absolute atomic E-state index is 11.8. The summed E-state index contributed by atoms with van der Waals surface area (Å²) in [5, 5.41) is 0. The number of hydrogen-bond donors (Lipinski definition) is 0. The first kappa shape index (κ1) is 24.8. The Balaban J connectivity index is 5.24.